The molecule has 0 spiro atoms. The van der Waals surface area contributed by atoms with Crippen molar-refractivity contribution >= 4 is 27.4 Å². The van der Waals surface area contributed by atoms with E-state index in [2.05, 4.69) is 15.9 Å². The molecule has 0 N–H and O–H groups in total. The van der Waals surface area contributed by atoms with Crippen molar-refractivity contribution in [2.45, 2.75) is 19.4 Å². The molecule has 0 atom stereocenters. The molecule has 0 unspecified atom stereocenters. The first-order valence-corrected chi connectivity index (χ1v) is 6.53. The molecule has 1 fully saturated rings. The summed E-state index contributed by atoms with van der Waals surface area (Å²) in [5.41, 5.74) is 0.912. The minimum Gasteiger partial charge on any atom is -0.298 e. The fourth-order valence-corrected chi connectivity index (χ4v) is 2.65. The van der Waals surface area contributed by atoms with Crippen LogP contribution in [-0.4, -0.2) is 28.7 Å². The summed E-state index contributed by atoms with van der Waals surface area (Å²) >= 11 is 3.27. The van der Waals surface area contributed by atoms with Crippen LogP contribution >= 0.6 is 15.9 Å². The standard InChI is InChI=1S/C12H13BrN2O3/c13-12-9(3-1-5-11(12)15(17)18)7-14-6-2-4-10(16)8-14/h1,3,5H,2,4,6-8H2. The largest absolute Gasteiger partial charge is 0.298 e. The van der Waals surface area contributed by atoms with E-state index in [0.29, 0.717) is 24.0 Å². The highest BCUT2D eigenvalue weighted by Crippen LogP contribution is 2.29. The minimum atomic E-state index is -0.408. The lowest BCUT2D eigenvalue weighted by atomic mass is 10.1. The number of ketones is 1. The van der Waals surface area contributed by atoms with Crippen LogP contribution in [0.3, 0.4) is 0 Å². The number of carbonyl (C=O) groups is 1. The van der Waals surface area contributed by atoms with Crippen LogP contribution < -0.4 is 0 Å². The molecule has 1 aromatic carbocycles. The Kier molecular flexibility index (Phi) is 4.08. The SMILES string of the molecule is O=C1CCCN(Cc2cccc([N+](=O)[O-])c2Br)C1. The lowest BCUT2D eigenvalue weighted by Gasteiger charge is -2.25. The summed E-state index contributed by atoms with van der Waals surface area (Å²) in [5, 5.41) is 10.8. The van der Waals surface area contributed by atoms with Crippen LogP contribution in [-0.2, 0) is 11.3 Å². The van der Waals surface area contributed by atoms with Gasteiger partial charge in [0.1, 0.15) is 5.78 Å². The second-order valence-corrected chi connectivity index (χ2v) is 5.15. The van der Waals surface area contributed by atoms with Crippen molar-refractivity contribution < 1.29 is 9.72 Å². The number of piperidine rings is 1. The zero-order valence-electron chi connectivity index (χ0n) is 9.76. The maximum atomic E-state index is 11.4. The van der Waals surface area contributed by atoms with Gasteiger partial charge in [0.05, 0.1) is 15.9 Å². The van der Waals surface area contributed by atoms with Gasteiger partial charge in [0, 0.05) is 19.0 Å². The maximum Gasteiger partial charge on any atom is 0.283 e. The molecule has 0 aromatic heterocycles. The molecule has 2 rings (SSSR count). The lowest BCUT2D eigenvalue weighted by Crippen LogP contribution is -2.35. The lowest BCUT2D eigenvalue weighted by molar-refractivity contribution is -0.385. The number of benzene rings is 1. The molecular weight excluding hydrogens is 300 g/mol. The first-order valence-electron chi connectivity index (χ1n) is 5.74. The Labute approximate surface area is 113 Å². The molecule has 6 heteroatoms. The smallest absolute Gasteiger partial charge is 0.283 e. The second kappa shape index (κ2) is 5.58. The van der Waals surface area contributed by atoms with Gasteiger partial charge in [0.25, 0.3) is 5.69 Å². The number of likely N-dealkylation sites (tertiary alicyclic amines) is 1. The third-order valence-corrected chi connectivity index (χ3v) is 3.89. The zero-order chi connectivity index (χ0) is 13.1. The summed E-state index contributed by atoms with van der Waals surface area (Å²) in [6.07, 6.45) is 1.51. The molecule has 1 aliphatic rings. The molecule has 1 aromatic rings. The van der Waals surface area contributed by atoms with Gasteiger partial charge in [-0.1, -0.05) is 12.1 Å². The van der Waals surface area contributed by atoms with Crippen molar-refractivity contribution in [3.8, 4) is 0 Å². The third-order valence-electron chi connectivity index (χ3n) is 2.98. The molecule has 1 heterocycles. The summed E-state index contributed by atoms with van der Waals surface area (Å²) in [6, 6.07) is 4.98. The number of hydrogen-bond acceptors (Lipinski definition) is 4. The van der Waals surface area contributed by atoms with Crippen LogP contribution in [0.4, 0.5) is 5.69 Å². The Bertz CT molecular complexity index is 490. The summed E-state index contributed by atoms with van der Waals surface area (Å²) in [5.74, 6) is 0.239. The summed E-state index contributed by atoms with van der Waals surface area (Å²) < 4.78 is 0.507. The predicted molar refractivity (Wildman–Crippen MR) is 70.3 cm³/mol. The highest BCUT2D eigenvalue weighted by molar-refractivity contribution is 9.10. The number of rotatable bonds is 3. The van der Waals surface area contributed by atoms with Gasteiger partial charge in [-0.05, 0) is 34.5 Å². The highest BCUT2D eigenvalue weighted by Gasteiger charge is 2.20. The Morgan fingerprint density at radius 2 is 2.22 bits per heavy atom. The molecule has 0 saturated carbocycles. The van der Waals surface area contributed by atoms with E-state index in [4.69, 9.17) is 0 Å². The molecule has 1 aliphatic heterocycles. The van der Waals surface area contributed by atoms with Gasteiger partial charge in [-0.15, -0.1) is 0 Å². The molecule has 18 heavy (non-hydrogen) atoms. The van der Waals surface area contributed by atoms with E-state index in [1.165, 1.54) is 6.07 Å². The Morgan fingerprint density at radius 1 is 1.44 bits per heavy atom. The first-order chi connectivity index (χ1) is 8.58. The highest BCUT2D eigenvalue weighted by atomic mass is 79.9. The Morgan fingerprint density at radius 3 is 2.89 bits per heavy atom. The molecule has 1 saturated heterocycles. The summed E-state index contributed by atoms with van der Waals surface area (Å²) in [7, 11) is 0. The second-order valence-electron chi connectivity index (χ2n) is 4.36. The average Bonchev–Trinajstić information content (AvgIpc) is 2.31. The summed E-state index contributed by atoms with van der Waals surface area (Å²) in [4.78, 5) is 23.8. The fraction of sp³-hybridized carbons (Fsp3) is 0.417. The fourth-order valence-electron chi connectivity index (χ4n) is 2.11. The van der Waals surface area contributed by atoms with E-state index in [0.717, 1.165) is 18.5 Å². The van der Waals surface area contributed by atoms with Gasteiger partial charge >= 0.3 is 0 Å². The van der Waals surface area contributed by atoms with Gasteiger partial charge in [-0.25, -0.2) is 0 Å². The molecular formula is C12H13BrN2O3. The topological polar surface area (TPSA) is 63.5 Å². The summed E-state index contributed by atoms with van der Waals surface area (Å²) in [6.45, 7) is 1.87. The predicted octanol–water partition coefficient (Wildman–Crippen LogP) is 2.52. The van der Waals surface area contributed by atoms with E-state index in [1.807, 2.05) is 11.0 Å². The van der Waals surface area contributed by atoms with Crippen LogP contribution in [0.5, 0.6) is 0 Å². The van der Waals surface area contributed by atoms with Crippen molar-refractivity contribution in [3.63, 3.8) is 0 Å². The van der Waals surface area contributed by atoms with Gasteiger partial charge in [0.2, 0.25) is 0 Å². The van der Waals surface area contributed by atoms with Crippen molar-refractivity contribution in [3.05, 3.63) is 38.3 Å². The van der Waals surface area contributed by atoms with Gasteiger partial charge < -0.3 is 0 Å². The molecule has 0 aliphatic carbocycles. The van der Waals surface area contributed by atoms with E-state index >= 15 is 0 Å². The van der Waals surface area contributed by atoms with E-state index in [9.17, 15) is 14.9 Å². The number of halogens is 1. The van der Waals surface area contributed by atoms with Gasteiger partial charge in [-0.3, -0.25) is 19.8 Å². The zero-order valence-corrected chi connectivity index (χ0v) is 11.4. The maximum absolute atomic E-state index is 11.4. The Hall–Kier alpha value is -1.27. The molecule has 0 bridgehead atoms. The number of nitro groups is 1. The van der Waals surface area contributed by atoms with Gasteiger partial charge in [0.15, 0.2) is 0 Å². The molecule has 0 amide bonds. The van der Waals surface area contributed by atoms with Crippen LogP contribution in [0, 0.1) is 10.1 Å². The van der Waals surface area contributed by atoms with Crippen molar-refractivity contribution in [1.82, 2.24) is 4.90 Å². The number of hydrogen-bond donors (Lipinski definition) is 0. The average molecular weight is 313 g/mol. The van der Waals surface area contributed by atoms with Crippen molar-refractivity contribution in [2.24, 2.45) is 0 Å². The van der Waals surface area contributed by atoms with Gasteiger partial charge in [-0.2, -0.15) is 0 Å². The monoisotopic (exact) mass is 312 g/mol. The quantitative estimate of drug-likeness (QED) is 0.635. The van der Waals surface area contributed by atoms with Crippen LogP contribution in [0.1, 0.15) is 18.4 Å². The number of Topliss-reactive ketones (excluding diaryl/α,β-unsaturated/α-hetero) is 1. The third kappa shape index (κ3) is 2.94. The van der Waals surface area contributed by atoms with Crippen LogP contribution in [0.2, 0.25) is 0 Å². The minimum absolute atomic E-state index is 0.0656. The first kappa shape index (κ1) is 13.2. The van der Waals surface area contributed by atoms with Crippen molar-refractivity contribution in [2.75, 3.05) is 13.1 Å². The van der Waals surface area contributed by atoms with E-state index < -0.39 is 4.92 Å². The number of nitrogens with zero attached hydrogens (tertiary/aromatic N) is 2. The normalized spacial score (nSPS) is 16.8. The molecule has 96 valence electrons. The Balaban J connectivity index is 2.16. The van der Waals surface area contributed by atoms with Crippen LogP contribution in [0.15, 0.2) is 22.7 Å². The molecule has 0 radical (unpaired) electrons. The van der Waals surface area contributed by atoms with Crippen molar-refractivity contribution in [1.29, 1.82) is 0 Å². The molecule has 5 nitrogen and oxygen atoms in total. The number of carbonyl (C=O) groups excluding carboxylic acids is 1. The van der Waals surface area contributed by atoms with E-state index in [1.54, 1.807) is 6.07 Å². The van der Waals surface area contributed by atoms with E-state index in [-0.39, 0.29) is 11.5 Å². The van der Waals surface area contributed by atoms with Crippen LogP contribution in [0.25, 0.3) is 0 Å². The number of nitro benzene ring substituents is 1.